The van der Waals surface area contributed by atoms with E-state index in [-0.39, 0.29) is 5.41 Å². The van der Waals surface area contributed by atoms with Gasteiger partial charge in [-0.3, -0.25) is 0 Å². The van der Waals surface area contributed by atoms with Gasteiger partial charge in [0.2, 0.25) is 0 Å². The van der Waals surface area contributed by atoms with Crippen LogP contribution in [0.25, 0.3) is 0 Å². The number of nitrogens with two attached hydrogens (primary N) is 1. The van der Waals surface area contributed by atoms with Crippen molar-refractivity contribution in [2.45, 2.75) is 59.5 Å². The minimum atomic E-state index is -0.396. The highest BCUT2D eigenvalue weighted by atomic mass is 32.1. The lowest BCUT2D eigenvalue weighted by Gasteiger charge is -2.45. The van der Waals surface area contributed by atoms with Gasteiger partial charge in [-0.2, -0.15) is 0 Å². The zero-order valence-corrected chi connectivity index (χ0v) is 14.1. The first-order valence-electron chi connectivity index (χ1n) is 7.73. The van der Waals surface area contributed by atoms with Crippen molar-refractivity contribution in [2.24, 2.45) is 22.5 Å². The summed E-state index contributed by atoms with van der Waals surface area (Å²) in [4.78, 5) is 2.34. The van der Waals surface area contributed by atoms with Gasteiger partial charge in [0, 0.05) is 21.7 Å². The Labute approximate surface area is 127 Å². The van der Waals surface area contributed by atoms with Crippen LogP contribution in [0.2, 0.25) is 0 Å². The first-order valence-corrected chi connectivity index (χ1v) is 8.55. The van der Waals surface area contributed by atoms with Gasteiger partial charge in [-0.15, -0.1) is 11.3 Å². The van der Waals surface area contributed by atoms with Crippen LogP contribution in [0.15, 0.2) is 12.1 Å². The zero-order valence-electron chi connectivity index (χ0n) is 13.3. The molecule has 2 rings (SSSR count). The second kappa shape index (κ2) is 5.78. The Morgan fingerprint density at radius 2 is 1.95 bits per heavy atom. The van der Waals surface area contributed by atoms with Crippen molar-refractivity contribution in [3.63, 3.8) is 0 Å². The molecule has 20 heavy (non-hydrogen) atoms. The van der Waals surface area contributed by atoms with Crippen LogP contribution in [0, 0.1) is 23.7 Å². The van der Waals surface area contributed by atoms with Crippen LogP contribution in [-0.4, -0.2) is 11.7 Å². The van der Waals surface area contributed by atoms with Crippen LogP contribution in [0.1, 0.15) is 62.3 Å². The zero-order chi connectivity index (χ0) is 15.0. The minimum absolute atomic E-state index is 0.112. The summed E-state index contributed by atoms with van der Waals surface area (Å²) < 4.78 is 0. The maximum absolute atomic E-state index is 10.8. The molecule has 0 amide bonds. The van der Waals surface area contributed by atoms with Crippen LogP contribution in [0.3, 0.4) is 0 Å². The molecule has 0 radical (unpaired) electrons. The summed E-state index contributed by atoms with van der Waals surface area (Å²) in [5.41, 5.74) is 6.34. The van der Waals surface area contributed by atoms with Gasteiger partial charge in [-0.1, -0.05) is 20.8 Å². The van der Waals surface area contributed by atoms with Crippen molar-refractivity contribution >= 4 is 11.3 Å². The Kier molecular flexibility index (Phi) is 4.63. The highest BCUT2D eigenvalue weighted by molar-refractivity contribution is 7.12. The minimum Gasteiger partial charge on any atom is -0.387 e. The fourth-order valence-electron chi connectivity index (χ4n) is 3.55. The molecule has 1 aliphatic carbocycles. The number of aliphatic hydroxyl groups is 1. The van der Waals surface area contributed by atoms with E-state index in [1.54, 1.807) is 11.3 Å². The van der Waals surface area contributed by atoms with Crippen LogP contribution in [0.5, 0.6) is 0 Å². The highest BCUT2D eigenvalue weighted by Gasteiger charge is 2.43. The SMILES string of the molecule is Cc1ccc(C(O)C2(CN)CCC(C(C)(C)C)CC2)s1. The molecule has 114 valence electrons. The molecular formula is C17H29NOS. The summed E-state index contributed by atoms with van der Waals surface area (Å²) in [6, 6.07) is 4.16. The third kappa shape index (κ3) is 3.10. The summed E-state index contributed by atoms with van der Waals surface area (Å²) in [6.45, 7) is 9.65. The number of aliphatic hydroxyl groups excluding tert-OH is 1. The number of aryl methyl sites for hydroxylation is 1. The van der Waals surface area contributed by atoms with Gasteiger partial charge in [0.1, 0.15) is 0 Å². The average Bonchev–Trinajstić information content (AvgIpc) is 2.83. The number of rotatable bonds is 3. The molecule has 1 atom stereocenters. The molecule has 0 aliphatic heterocycles. The molecule has 3 N–H and O–H groups in total. The smallest absolute Gasteiger partial charge is 0.0950 e. The average molecular weight is 295 g/mol. The van der Waals surface area contributed by atoms with Crippen molar-refractivity contribution in [3.8, 4) is 0 Å². The summed E-state index contributed by atoms with van der Waals surface area (Å²) in [5.74, 6) is 0.749. The van der Waals surface area contributed by atoms with E-state index >= 15 is 0 Å². The van der Waals surface area contributed by atoms with E-state index < -0.39 is 6.10 Å². The highest BCUT2D eigenvalue weighted by Crippen LogP contribution is 2.51. The normalized spacial score (nSPS) is 29.4. The molecule has 1 aliphatic rings. The van der Waals surface area contributed by atoms with Crippen LogP contribution in [-0.2, 0) is 0 Å². The maximum atomic E-state index is 10.8. The van der Waals surface area contributed by atoms with Crippen molar-refractivity contribution in [1.82, 2.24) is 0 Å². The molecule has 3 heteroatoms. The maximum Gasteiger partial charge on any atom is 0.0950 e. The van der Waals surface area contributed by atoms with Crippen molar-refractivity contribution < 1.29 is 5.11 Å². The van der Waals surface area contributed by atoms with E-state index in [0.717, 1.165) is 23.6 Å². The Balaban J connectivity index is 2.12. The molecule has 2 nitrogen and oxygen atoms in total. The lowest BCUT2D eigenvalue weighted by atomic mass is 9.62. The van der Waals surface area contributed by atoms with Gasteiger partial charge >= 0.3 is 0 Å². The lowest BCUT2D eigenvalue weighted by molar-refractivity contribution is -0.0214. The van der Waals surface area contributed by atoms with Crippen LogP contribution < -0.4 is 5.73 Å². The van der Waals surface area contributed by atoms with Gasteiger partial charge in [0.15, 0.2) is 0 Å². The third-order valence-electron chi connectivity index (χ3n) is 5.22. The Morgan fingerprint density at radius 3 is 2.35 bits per heavy atom. The molecule has 1 heterocycles. The van der Waals surface area contributed by atoms with Gasteiger partial charge in [0.25, 0.3) is 0 Å². The van der Waals surface area contributed by atoms with Gasteiger partial charge < -0.3 is 10.8 Å². The third-order valence-corrected chi connectivity index (χ3v) is 6.28. The first-order chi connectivity index (χ1) is 9.28. The van der Waals surface area contributed by atoms with Crippen molar-refractivity contribution in [1.29, 1.82) is 0 Å². The molecule has 1 saturated carbocycles. The van der Waals surface area contributed by atoms with Gasteiger partial charge in [-0.05, 0) is 56.1 Å². The lowest BCUT2D eigenvalue weighted by Crippen LogP contribution is -2.41. The number of hydrogen-bond acceptors (Lipinski definition) is 3. The Hall–Kier alpha value is -0.380. The monoisotopic (exact) mass is 295 g/mol. The van der Waals surface area contributed by atoms with E-state index in [1.807, 2.05) is 0 Å². The predicted molar refractivity (Wildman–Crippen MR) is 86.9 cm³/mol. The molecule has 1 aromatic rings. The standard InChI is InChI=1S/C17H29NOS/c1-12-5-6-14(20-12)15(19)17(11-18)9-7-13(8-10-17)16(2,3)4/h5-6,13,15,19H,7-11,18H2,1-4H3. The molecule has 0 saturated heterocycles. The fraction of sp³-hybridized carbons (Fsp3) is 0.765. The summed E-state index contributed by atoms with van der Waals surface area (Å²) in [6.07, 6.45) is 4.06. The van der Waals surface area contributed by atoms with E-state index in [1.165, 1.54) is 17.7 Å². The first kappa shape index (κ1) is 16.0. The number of hydrogen-bond donors (Lipinski definition) is 2. The Bertz CT molecular complexity index is 438. The summed E-state index contributed by atoms with van der Waals surface area (Å²) in [5, 5.41) is 10.8. The quantitative estimate of drug-likeness (QED) is 0.874. The molecular weight excluding hydrogens is 266 g/mol. The van der Waals surface area contributed by atoms with E-state index in [2.05, 4.69) is 39.8 Å². The molecule has 0 spiro atoms. The summed E-state index contributed by atoms with van der Waals surface area (Å²) >= 11 is 1.70. The van der Waals surface area contributed by atoms with Crippen LogP contribution >= 0.6 is 11.3 Å². The molecule has 1 aromatic heterocycles. The number of thiophene rings is 1. The summed E-state index contributed by atoms with van der Waals surface area (Å²) in [7, 11) is 0. The predicted octanol–water partition coefficient (Wildman–Crippen LogP) is 4.27. The molecule has 0 bridgehead atoms. The van der Waals surface area contributed by atoms with Crippen molar-refractivity contribution in [3.05, 3.63) is 21.9 Å². The van der Waals surface area contributed by atoms with E-state index in [9.17, 15) is 5.11 Å². The fourth-order valence-corrected chi connectivity index (χ4v) is 4.56. The van der Waals surface area contributed by atoms with Gasteiger partial charge in [0.05, 0.1) is 6.10 Å². The second-order valence-electron chi connectivity index (χ2n) is 7.56. The topological polar surface area (TPSA) is 46.2 Å². The molecule has 1 fully saturated rings. The van der Waals surface area contributed by atoms with Crippen LogP contribution in [0.4, 0.5) is 0 Å². The Morgan fingerprint density at radius 1 is 1.35 bits per heavy atom. The largest absolute Gasteiger partial charge is 0.387 e. The van der Waals surface area contributed by atoms with Crippen molar-refractivity contribution in [2.75, 3.05) is 6.54 Å². The van der Waals surface area contributed by atoms with E-state index in [4.69, 9.17) is 5.73 Å². The molecule has 1 unspecified atom stereocenters. The molecule has 0 aromatic carbocycles. The van der Waals surface area contributed by atoms with Gasteiger partial charge in [-0.25, -0.2) is 0 Å². The second-order valence-corrected chi connectivity index (χ2v) is 8.88. The van der Waals surface area contributed by atoms with E-state index in [0.29, 0.717) is 12.0 Å².